The number of hydrogen-bond donors (Lipinski definition) is 2. The van der Waals surface area contributed by atoms with Crippen LogP contribution in [0.3, 0.4) is 0 Å². The molecule has 19 heavy (non-hydrogen) atoms. The number of thiazole rings is 1. The largest absolute Gasteiger partial charge is 0.316 e. The zero-order valence-corrected chi connectivity index (χ0v) is 12.4. The summed E-state index contributed by atoms with van der Waals surface area (Å²) >= 11 is 1.57. The maximum Gasteiger partial charge on any atom is 0.232 e. The molecule has 0 radical (unpaired) electrons. The summed E-state index contributed by atoms with van der Waals surface area (Å²) < 4.78 is 0. The van der Waals surface area contributed by atoms with Gasteiger partial charge in [0.1, 0.15) is 5.00 Å². The van der Waals surface area contributed by atoms with Gasteiger partial charge in [-0.1, -0.05) is 12.8 Å². The third kappa shape index (κ3) is 2.19. The Balaban J connectivity index is 1.81. The Kier molecular flexibility index (Phi) is 3.35. The van der Waals surface area contributed by atoms with Crippen LogP contribution in [0.1, 0.15) is 36.4 Å². The summed E-state index contributed by atoms with van der Waals surface area (Å²) in [6.07, 6.45) is 4.64. The quantitative estimate of drug-likeness (QED) is 0.874. The fourth-order valence-electron chi connectivity index (χ4n) is 3.57. The van der Waals surface area contributed by atoms with Crippen LogP contribution in [0.4, 0.5) is 5.00 Å². The molecule has 1 amide bonds. The molecule has 1 aromatic heterocycles. The second-order valence-electron chi connectivity index (χ2n) is 5.83. The normalized spacial score (nSPS) is 30.1. The number of fused-ring (bicyclic) bond motifs is 1. The van der Waals surface area contributed by atoms with Gasteiger partial charge in [-0.15, -0.1) is 11.3 Å². The molecule has 5 heteroatoms. The van der Waals surface area contributed by atoms with E-state index in [0.717, 1.165) is 35.2 Å². The first-order valence-electron chi connectivity index (χ1n) is 7.08. The van der Waals surface area contributed by atoms with E-state index in [1.165, 1.54) is 19.3 Å². The number of aryl methyl sites for hydroxylation is 2. The van der Waals surface area contributed by atoms with Crippen LogP contribution in [0.25, 0.3) is 0 Å². The van der Waals surface area contributed by atoms with Crippen molar-refractivity contribution in [3.05, 3.63) is 10.7 Å². The van der Waals surface area contributed by atoms with Gasteiger partial charge < -0.3 is 10.6 Å². The van der Waals surface area contributed by atoms with E-state index < -0.39 is 0 Å². The first kappa shape index (κ1) is 13.1. The Morgan fingerprint density at radius 3 is 3.05 bits per heavy atom. The van der Waals surface area contributed by atoms with Gasteiger partial charge in [-0.3, -0.25) is 4.79 Å². The van der Waals surface area contributed by atoms with Crippen LogP contribution in [0.5, 0.6) is 0 Å². The minimum Gasteiger partial charge on any atom is -0.316 e. The number of carbonyl (C=O) groups excluding carboxylic acids is 1. The number of anilines is 1. The van der Waals surface area contributed by atoms with Crippen molar-refractivity contribution in [2.24, 2.45) is 11.3 Å². The Morgan fingerprint density at radius 2 is 2.32 bits per heavy atom. The highest BCUT2D eigenvalue weighted by Crippen LogP contribution is 2.44. The van der Waals surface area contributed by atoms with Gasteiger partial charge in [0, 0.05) is 6.54 Å². The van der Waals surface area contributed by atoms with Crippen LogP contribution < -0.4 is 10.6 Å². The summed E-state index contributed by atoms with van der Waals surface area (Å²) in [7, 11) is 0. The molecule has 1 aliphatic carbocycles. The maximum atomic E-state index is 12.8. The van der Waals surface area contributed by atoms with Gasteiger partial charge in [-0.2, -0.15) is 0 Å². The standard InChI is InChI=1S/C14H21N3OS/c1-9-12(19-10(2)16-9)17-13(18)14-6-4-3-5-11(14)7-15-8-14/h11,15H,3-8H2,1-2H3,(H,17,18)/t11-,14+/m0/s1. The molecule has 0 spiro atoms. The van der Waals surface area contributed by atoms with Crippen LogP contribution in [0.15, 0.2) is 0 Å². The van der Waals surface area contributed by atoms with Crippen molar-refractivity contribution in [2.75, 3.05) is 18.4 Å². The van der Waals surface area contributed by atoms with E-state index in [4.69, 9.17) is 0 Å². The van der Waals surface area contributed by atoms with Crippen LogP contribution >= 0.6 is 11.3 Å². The summed E-state index contributed by atoms with van der Waals surface area (Å²) in [6.45, 7) is 5.77. The Bertz CT molecular complexity index is 499. The van der Waals surface area contributed by atoms with Crippen molar-refractivity contribution >= 4 is 22.2 Å². The maximum absolute atomic E-state index is 12.8. The highest BCUT2D eigenvalue weighted by molar-refractivity contribution is 7.16. The van der Waals surface area contributed by atoms with Crippen molar-refractivity contribution < 1.29 is 4.79 Å². The van der Waals surface area contributed by atoms with Gasteiger partial charge >= 0.3 is 0 Å². The van der Waals surface area contributed by atoms with Gasteiger partial charge in [0.2, 0.25) is 5.91 Å². The topological polar surface area (TPSA) is 54.0 Å². The fourth-order valence-corrected chi connectivity index (χ4v) is 4.38. The van der Waals surface area contributed by atoms with Crippen molar-refractivity contribution in [1.82, 2.24) is 10.3 Å². The zero-order valence-electron chi connectivity index (χ0n) is 11.6. The number of hydrogen-bond acceptors (Lipinski definition) is 4. The average molecular weight is 279 g/mol. The molecule has 2 heterocycles. The molecule has 2 aliphatic rings. The second kappa shape index (κ2) is 4.87. The van der Waals surface area contributed by atoms with Crippen molar-refractivity contribution in [3.8, 4) is 0 Å². The second-order valence-corrected chi connectivity index (χ2v) is 7.03. The average Bonchev–Trinajstić information content (AvgIpc) is 2.94. The summed E-state index contributed by atoms with van der Waals surface area (Å²) in [6, 6.07) is 0. The van der Waals surface area contributed by atoms with Crippen molar-refractivity contribution in [2.45, 2.75) is 39.5 Å². The van der Waals surface area contributed by atoms with Crippen LogP contribution in [-0.2, 0) is 4.79 Å². The Hall–Kier alpha value is -0.940. The smallest absolute Gasteiger partial charge is 0.232 e. The van der Waals surface area contributed by atoms with E-state index in [9.17, 15) is 4.79 Å². The summed E-state index contributed by atoms with van der Waals surface area (Å²) in [5, 5.41) is 8.49. The molecule has 0 unspecified atom stereocenters. The molecule has 1 saturated heterocycles. The molecule has 3 rings (SSSR count). The van der Waals surface area contributed by atoms with Gasteiger partial charge in [-0.05, 0) is 39.2 Å². The number of nitrogens with one attached hydrogen (secondary N) is 2. The van der Waals surface area contributed by atoms with Crippen molar-refractivity contribution in [3.63, 3.8) is 0 Å². The fraction of sp³-hybridized carbons (Fsp3) is 0.714. The SMILES string of the molecule is Cc1nc(C)c(NC(=O)[C@@]23CCCC[C@H]2CNC3)s1. The van der Waals surface area contributed by atoms with Gasteiger partial charge in [0.05, 0.1) is 16.1 Å². The van der Waals surface area contributed by atoms with Crippen LogP contribution in [0, 0.1) is 25.2 Å². The lowest BCUT2D eigenvalue weighted by Gasteiger charge is -2.36. The minimum absolute atomic E-state index is 0.178. The highest BCUT2D eigenvalue weighted by Gasteiger charge is 2.49. The Morgan fingerprint density at radius 1 is 1.47 bits per heavy atom. The molecule has 4 nitrogen and oxygen atoms in total. The molecule has 2 N–H and O–H groups in total. The zero-order chi connectivity index (χ0) is 13.5. The molecule has 1 aliphatic heterocycles. The Labute approximate surface area is 118 Å². The van der Waals surface area contributed by atoms with Gasteiger partial charge in [-0.25, -0.2) is 4.98 Å². The molecule has 2 atom stereocenters. The molecule has 1 aromatic rings. The summed E-state index contributed by atoms with van der Waals surface area (Å²) in [4.78, 5) is 17.1. The lowest BCUT2D eigenvalue weighted by molar-refractivity contribution is -0.128. The number of rotatable bonds is 2. The predicted octanol–water partition coefficient (Wildman–Crippen LogP) is 2.48. The molecule has 0 bridgehead atoms. The molecule has 104 valence electrons. The van der Waals surface area contributed by atoms with E-state index in [2.05, 4.69) is 15.6 Å². The number of amides is 1. The van der Waals surface area contributed by atoms with Gasteiger partial charge in [0.25, 0.3) is 0 Å². The first-order valence-corrected chi connectivity index (χ1v) is 7.90. The van der Waals surface area contributed by atoms with Crippen LogP contribution in [0.2, 0.25) is 0 Å². The molecule has 0 aromatic carbocycles. The van der Waals surface area contributed by atoms with E-state index in [-0.39, 0.29) is 11.3 Å². The molecule has 1 saturated carbocycles. The number of carbonyl (C=O) groups is 1. The lowest BCUT2D eigenvalue weighted by atomic mass is 9.67. The van der Waals surface area contributed by atoms with E-state index >= 15 is 0 Å². The van der Waals surface area contributed by atoms with E-state index in [1.54, 1.807) is 11.3 Å². The van der Waals surface area contributed by atoms with E-state index in [0.29, 0.717) is 5.92 Å². The van der Waals surface area contributed by atoms with Crippen LogP contribution in [-0.4, -0.2) is 24.0 Å². The molecule has 2 fully saturated rings. The third-order valence-electron chi connectivity index (χ3n) is 4.62. The summed E-state index contributed by atoms with van der Waals surface area (Å²) in [5.74, 6) is 0.713. The van der Waals surface area contributed by atoms with Gasteiger partial charge in [0.15, 0.2) is 0 Å². The predicted molar refractivity (Wildman–Crippen MR) is 77.5 cm³/mol. The first-order chi connectivity index (χ1) is 9.12. The molecular weight excluding hydrogens is 258 g/mol. The number of aromatic nitrogens is 1. The van der Waals surface area contributed by atoms with Crippen molar-refractivity contribution in [1.29, 1.82) is 0 Å². The monoisotopic (exact) mass is 279 g/mol. The number of nitrogens with zero attached hydrogens (tertiary/aromatic N) is 1. The summed E-state index contributed by atoms with van der Waals surface area (Å²) in [5.41, 5.74) is 0.758. The third-order valence-corrected chi connectivity index (χ3v) is 5.61. The highest BCUT2D eigenvalue weighted by atomic mass is 32.1. The minimum atomic E-state index is -0.178. The lowest BCUT2D eigenvalue weighted by Crippen LogP contribution is -2.44. The van der Waals surface area contributed by atoms with E-state index in [1.807, 2.05) is 13.8 Å². The molecular formula is C14H21N3OS.